The van der Waals surface area contributed by atoms with Crippen molar-refractivity contribution >= 4 is 11.9 Å². The van der Waals surface area contributed by atoms with E-state index in [-0.39, 0.29) is 24.1 Å². The highest BCUT2D eigenvalue weighted by molar-refractivity contribution is 5.90. The molecular weight excluding hydrogens is 284 g/mol. The molecule has 1 aliphatic carbocycles. The maximum Gasteiger partial charge on any atom is 0.344 e. The molecule has 0 unspecified atom stereocenters. The molecule has 0 radical (unpaired) electrons. The topological polar surface area (TPSA) is 88.3 Å². The molecule has 6 heteroatoms. The van der Waals surface area contributed by atoms with Crippen LogP contribution in [-0.4, -0.2) is 29.5 Å². The minimum absolute atomic E-state index is 0.102. The van der Waals surface area contributed by atoms with E-state index in [0.717, 1.165) is 12.8 Å². The standard InChI is InChI=1S/C16H22N2O4/c1-10-5-3-7-13(11(10)2)18-14(19)9-22-16(21)12-6-4-8-17-15(12)20/h4,6,8,10-11,13H,3,5,7,9H2,1-2H3,(H,17,20)(H,18,19)/t10-,11-,13+/m0/s1. The van der Waals surface area contributed by atoms with Gasteiger partial charge in [-0.15, -0.1) is 0 Å². The number of carbonyl (C=O) groups excluding carboxylic acids is 2. The number of H-pyrrole nitrogens is 1. The summed E-state index contributed by atoms with van der Waals surface area (Å²) in [5.41, 5.74) is -0.627. The first kappa shape index (κ1) is 16.3. The lowest BCUT2D eigenvalue weighted by Crippen LogP contribution is -2.45. The number of aromatic amines is 1. The highest BCUT2D eigenvalue weighted by atomic mass is 16.5. The lowest BCUT2D eigenvalue weighted by atomic mass is 9.78. The Hall–Kier alpha value is -2.11. The third-order valence-electron chi connectivity index (χ3n) is 4.43. The monoisotopic (exact) mass is 306 g/mol. The number of pyridine rings is 1. The molecule has 0 aliphatic heterocycles. The number of amides is 1. The summed E-state index contributed by atoms with van der Waals surface area (Å²) >= 11 is 0. The number of hydrogen-bond acceptors (Lipinski definition) is 4. The molecule has 0 saturated heterocycles. The quantitative estimate of drug-likeness (QED) is 0.825. The summed E-state index contributed by atoms with van der Waals surface area (Å²) in [5, 5.41) is 2.92. The molecular formula is C16H22N2O4. The van der Waals surface area contributed by atoms with Crippen LogP contribution in [0, 0.1) is 11.8 Å². The second-order valence-electron chi connectivity index (χ2n) is 5.93. The van der Waals surface area contributed by atoms with Gasteiger partial charge in [0.25, 0.3) is 11.5 Å². The van der Waals surface area contributed by atoms with Crippen LogP contribution in [0.4, 0.5) is 0 Å². The molecule has 6 nitrogen and oxygen atoms in total. The molecule has 1 aliphatic rings. The van der Waals surface area contributed by atoms with E-state index in [0.29, 0.717) is 11.8 Å². The van der Waals surface area contributed by atoms with Crippen LogP contribution in [0.5, 0.6) is 0 Å². The Kier molecular flexibility index (Phi) is 5.35. The lowest BCUT2D eigenvalue weighted by Gasteiger charge is -2.34. The van der Waals surface area contributed by atoms with E-state index in [1.807, 2.05) is 0 Å². The fourth-order valence-electron chi connectivity index (χ4n) is 2.83. The Morgan fingerprint density at radius 2 is 2.14 bits per heavy atom. The van der Waals surface area contributed by atoms with Gasteiger partial charge in [0.05, 0.1) is 0 Å². The molecule has 120 valence electrons. The van der Waals surface area contributed by atoms with E-state index in [2.05, 4.69) is 24.1 Å². The average Bonchev–Trinajstić information content (AvgIpc) is 2.50. The summed E-state index contributed by atoms with van der Waals surface area (Å²) in [7, 11) is 0. The number of esters is 1. The van der Waals surface area contributed by atoms with Gasteiger partial charge in [0.2, 0.25) is 0 Å². The summed E-state index contributed by atoms with van der Waals surface area (Å²) in [5.74, 6) is -0.136. The first-order valence-electron chi connectivity index (χ1n) is 7.63. The normalized spacial score (nSPS) is 24.5. The summed E-state index contributed by atoms with van der Waals surface area (Å²) in [6, 6.07) is 3.02. The summed E-state index contributed by atoms with van der Waals surface area (Å²) < 4.78 is 4.90. The van der Waals surface area contributed by atoms with Crippen LogP contribution in [-0.2, 0) is 9.53 Å². The van der Waals surface area contributed by atoms with E-state index in [1.165, 1.54) is 24.8 Å². The number of rotatable bonds is 4. The van der Waals surface area contributed by atoms with Gasteiger partial charge in [-0.1, -0.05) is 26.7 Å². The van der Waals surface area contributed by atoms with Crippen LogP contribution in [0.2, 0.25) is 0 Å². The van der Waals surface area contributed by atoms with Gasteiger partial charge >= 0.3 is 5.97 Å². The largest absolute Gasteiger partial charge is 0.452 e. The molecule has 2 N–H and O–H groups in total. The van der Waals surface area contributed by atoms with Crippen molar-refractivity contribution in [1.29, 1.82) is 0 Å². The number of nitrogens with one attached hydrogen (secondary N) is 2. The molecule has 0 bridgehead atoms. The van der Waals surface area contributed by atoms with Crippen molar-refractivity contribution in [3.05, 3.63) is 34.2 Å². The Labute approximate surface area is 129 Å². The third-order valence-corrected chi connectivity index (χ3v) is 4.43. The Morgan fingerprint density at radius 3 is 2.86 bits per heavy atom. The molecule has 1 aromatic rings. The zero-order chi connectivity index (χ0) is 16.1. The van der Waals surface area contributed by atoms with Gasteiger partial charge in [-0.3, -0.25) is 9.59 Å². The summed E-state index contributed by atoms with van der Waals surface area (Å²) in [6.07, 6.45) is 4.65. The molecule has 1 aromatic heterocycles. The van der Waals surface area contributed by atoms with Crippen molar-refractivity contribution in [1.82, 2.24) is 10.3 Å². The van der Waals surface area contributed by atoms with Gasteiger partial charge in [0.1, 0.15) is 5.56 Å². The predicted octanol–water partition coefficient (Wildman–Crippen LogP) is 1.47. The van der Waals surface area contributed by atoms with Crippen LogP contribution in [0.15, 0.2) is 23.1 Å². The molecule has 1 heterocycles. The Bertz CT molecular complexity index is 596. The van der Waals surface area contributed by atoms with Gasteiger partial charge in [0.15, 0.2) is 6.61 Å². The molecule has 2 rings (SSSR count). The van der Waals surface area contributed by atoms with Gasteiger partial charge < -0.3 is 15.0 Å². The van der Waals surface area contributed by atoms with Crippen molar-refractivity contribution in [2.75, 3.05) is 6.61 Å². The zero-order valence-electron chi connectivity index (χ0n) is 12.9. The van der Waals surface area contributed by atoms with Crippen LogP contribution in [0.3, 0.4) is 0 Å². The van der Waals surface area contributed by atoms with E-state index in [9.17, 15) is 14.4 Å². The highest BCUT2D eigenvalue weighted by Crippen LogP contribution is 2.29. The van der Waals surface area contributed by atoms with E-state index < -0.39 is 11.5 Å². The molecule has 3 atom stereocenters. The second kappa shape index (κ2) is 7.24. The van der Waals surface area contributed by atoms with Gasteiger partial charge in [-0.25, -0.2) is 4.79 Å². The van der Waals surface area contributed by atoms with E-state index in [1.54, 1.807) is 0 Å². The summed E-state index contributed by atoms with van der Waals surface area (Å²) in [4.78, 5) is 37.5. The van der Waals surface area contributed by atoms with Gasteiger partial charge in [0, 0.05) is 12.2 Å². The number of ether oxygens (including phenoxy) is 1. The first-order chi connectivity index (χ1) is 10.5. The van der Waals surface area contributed by atoms with Crippen LogP contribution in [0.25, 0.3) is 0 Å². The fraction of sp³-hybridized carbons (Fsp3) is 0.562. The number of aromatic nitrogens is 1. The van der Waals surface area contributed by atoms with E-state index >= 15 is 0 Å². The van der Waals surface area contributed by atoms with Gasteiger partial charge in [-0.05, 0) is 30.4 Å². The number of hydrogen-bond donors (Lipinski definition) is 2. The minimum atomic E-state index is -0.790. The molecule has 22 heavy (non-hydrogen) atoms. The number of carbonyl (C=O) groups is 2. The average molecular weight is 306 g/mol. The molecule has 0 spiro atoms. The Morgan fingerprint density at radius 1 is 1.36 bits per heavy atom. The molecule has 1 amide bonds. The second-order valence-corrected chi connectivity index (χ2v) is 5.93. The van der Waals surface area contributed by atoms with Crippen molar-refractivity contribution in [3.8, 4) is 0 Å². The summed E-state index contributed by atoms with van der Waals surface area (Å²) in [6.45, 7) is 3.94. The van der Waals surface area contributed by atoms with Gasteiger partial charge in [-0.2, -0.15) is 0 Å². The zero-order valence-corrected chi connectivity index (χ0v) is 12.9. The van der Waals surface area contributed by atoms with Crippen molar-refractivity contribution in [2.45, 2.75) is 39.2 Å². The lowest BCUT2D eigenvalue weighted by molar-refractivity contribution is -0.125. The predicted molar refractivity (Wildman–Crippen MR) is 81.5 cm³/mol. The molecule has 1 fully saturated rings. The van der Waals surface area contributed by atoms with Crippen LogP contribution in [0.1, 0.15) is 43.5 Å². The van der Waals surface area contributed by atoms with Crippen LogP contribution >= 0.6 is 0 Å². The first-order valence-corrected chi connectivity index (χ1v) is 7.63. The van der Waals surface area contributed by atoms with Crippen molar-refractivity contribution < 1.29 is 14.3 Å². The Balaban J connectivity index is 1.84. The smallest absolute Gasteiger partial charge is 0.344 e. The van der Waals surface area contributed by atoms with Crippen molar-refractivity contribution in [3.63, 3.8) is 0 Å². The molecule has 0 aromatic carbocycles. The molecule has 1 saturated carbocycles. The minimum Gasteiger partial charge on any atom is -0.452 e. The maximum absolute atomic E-state index is 11.9. The SMILES string of the molecule is C[C@H]1[C@@H](C)CCC[C@H]1NC(=O)COC(=O)c1ccc[nH]c1=O. The third kappa shape index (κ3) is 3.96. The van der Waals surface area contributed by atoms with Crippen molar-refractivity contribution in [2.24, 2.45) is 11.8 Å². The van der Waals surface area contributed by atoms with E-state index in [4.69, 9.17) is 4.74 Å². The van der Waals surface area contributed by atoms with Crippen LogP contribution < -0.4 is 10.9 Å². The maximum atomic E-state index is 11.9. The highest BCUT2D eigenvalue weighted by Gasteiger charge is 2.28. The fourth-order valence-corrected chi connectivity index (χ4v) is 2.83.